The van der Waals surface area contributed by atoms with Crippen LogP contribution in [0.2, 0.25) is 0 Å². The molecule has 0 aliphatic rings. The maximum atomic E-state index is 5.47. The van der Waals surface area contributed by atoms with Crippen molar-refractivity contribution in [1.29, 1.82) is 0 Å². The predicted molar refractivity (Wildman–Crippen MR) is 48.7 cm³/mol. The lowest BCUT2D eigenvalue weighted by atomic mass is 10.2. The molecule has 0 amide bonds. The molecule has 0 unspecified atom stereocenters. The first-order valence-corrected chi connectivity index (χ1v) is 4.07. The third kappa shape index (κ3) is 3.11. The number of hydrogen-bond donors (Lipinski definition) is 0. The van der Waals surface area contributed by atoms with Crippen molar-refractivity contribution in [3.8, 4) is 11.8 Å². The van der Waals surface area contributed by atoms with Gasteiger partial charge in [0, 0.05) is 17.9 Å². The monoisotopic (exact) mass is 164 g/mol. The van der Waals surface area contributed by atoms with E-state index in [9.17, 15) is 0 Å². The second kappa shape index (κ2) is 4.82. The van der Waals surface area contributed by atoms with Crippen molar-refractivity contribution >= 4 is 11.6 Å². The minimum Gasteiger partial charge on any atom is -0.126 e. The van der Waals surface area contributed by atoms with Gasteiger partial charge >= 0.3 is 0 Å². The molecule has 0 atom stereocenters. The zero-order chi connectivity index (χ0) is 7.94. The molecule has 0 spiro atoms. The second-order valence-electron chi connectivity index (χ2n) is 2.11. The molecule has 0 bridgehead atoms. The number of hydrogen-bond acceptors (Lipinski definition) is 0. The number of halogens is 1. The van der Waals surface area contributed by atoms with Crippen LogP contribution in [-0.2, 0) is 0 Å². The Balaban J connectivity index is 2.59. The first-order valence-electron chi connectivity index (χ1n) is 3.53. The highest BCUT2D eigenvalue weighted by Gasteiger charge is 1.79. The van der Waals surface area contributed by atoms with E-state index in [-0.39, 0.29) is 0 Å². The van der Waals surface area contributed by atoms with Crippen molar-refractivity contribution in [2.24, 2.45) is 0 Å². The lowest BCUT2D eigenvalue weighted by molar-refractivity contribution is 1.29. The molecule has 0 heterocycles. The Morgan fingerprint density at radius 3 is 2.55 bits per heavy atom. The van der Waals surface area contributed by atoms with Crippen LogP contribution in [0.1, 0.15) is 12.0 Å². The van der Waals surface area contributed by atoms with Crippen molar-refractivity contribution in [1.82, 2.24) is 0 Å². The van der Waals surface area contributed by atoms with Gasteiger partial charge in [0.15, 0.2) is 0 Å². The molecule has 0 nitrogen and oxygen atoms in total. The molecule has 0 saturated heterocycles. The molecule has 56 valence electrons. The third-order valence-electron chi connectivity index (χ3n) is 1.23. The standard InChI is InChI=1S/C10H9Cl/c11-9-5-4-8-10-6-2-1-3-7-10/h1-3,6-7H,5,9H2. The van der Waals surface area contributed by atoms with Crippen LogP contribution >= 0.6 is 11.6 Å². The van der Waals surface area contributed by atoms with Crippen molar-refractivity contribution < 1.29 is 0 Å². The molecular weight excluding hydrogens is 156 g/mol. The maximum absolute atomic E-state index is 5.47. The van der Waals surface area contributed by atoms with E-state index < -0.39 is 0 Å². The fourth-order valence-electron chi connectivity index (χ4n) is 0.733. The molecule has 0 radical (unpaired) electrons. The summed E-state index contributed by atoms with van der Waals surface area (Å²) in [4.78, 5) is 0. The van der Waals surface area contributed by atoms with Gasteiger partial charge in [0.1, 0.15) is 0 Å². The third-order valence-corrected chi connectivity index (χ3v) is 1.41. The van der Waals surface area contributed by atoms with Gasteiger partial charge in [0.25, 0.3) is 0 Å². The van der Waals surface area contributed by atoms with E-state index in [2.05, 4.69) is 11.8 Å². The molecule has 1 aromatic rings. The Morgan fingerprint density at radius 2 is 1.91 bits per heavy atom. The molecule has 0 saturated carbocycles. The van der Waals surface area contributed by atoms with Gasteiger partial charge in [-0.1, -0.05) is 30.0 Å². The van der Waals surface area contributed by atoms with Gasteiger partial charge < -0.3 is 0 Å². The average Bonchev–Trinajstić information content (AvgIpc) is 2.07. The smallest absolute Gasteiger partial charge is 0.0333 e. The van der Waals surface area contributed by atoms with Crippen LogP contribution < -0.4 is 0 Å². The lowest BCUT2D eigenvalue weighted by Crippen LogP contribution is -1.71. The van der Waals surface area contributed by atoms with Gasteiger partial charge in [-0.15, -0.1) is 11.6 Å². The van der Waals surface area contributed by atoms with Crippen molar-refractivity contribution in [3.05, 3.63) is 35.9 Å². The number of rotatable bonds is 1. The van der Waals surface area contributed by atoms with E-state index in [1.54, 1.807) is 0 Å². The topological polar surface area (TPSA) is 0 Å². The van der Waals surface area contributed by atoms with Crippen molar-refractivity contribution in [2.45, 2.75) is 6.42 Å². The van der Waals surface area contributed by atoms with Crippen LogP contribution in [0.4, 0.5) is 0 Å². The molecular formula is C10H9Cl. The van der Waals surface area contributed by atoms with Gasteiger partial charge in [-0.2, -0.15) is 0 Å². The number of alkyl halides is 1. The largest absolute Gasteiger partial charge is 0.126 e. The summed E-state index contributed by atoms with van der Waals surface area (Å²) in [6, 6.07) is 9.91. The summed E-state index contributed by atoms with van der Waals surface area (Å²) in [7, 11) is 0. The van der Waals surface area contributed by atoms with E-state index in [1.807, 2.05) is 30.3 Å². The van der Waals surface area contributed by atoms with E-state index in [0.29, 0.717) is 5.88 Å². The molecule has 1 rings (SSSR count). The van der Waals surface area contributed by atoms with Gasteiger partial charge in [0.2, 0.25) is 0 Å². The van der Waals surface area contributed by atoms with Crippen LogP contribution in [0.25, 0.3) is 0 Å². The summed E-state index contributed by atoms with van der Waals surface area (Å²) in [6.07, 6.45) is 0.760. The van der Waals surface area contributed by atoms with E-state index in [4.69, 9.17) is 11.6 Å². The van der Waals surface area contributed by atoms with Crippen LogP contribution in [0.5, 0.6) is 0 Å². The van der Waals surface area contributed by atoms with Crippen molar-refractivity contribution in [3.63, 3.8) is 0 Å². The molecule has 11 heavy (non-hydrogen) atoms. The molecule has 0 aromatic heterocycles. The zero-order valence-electron chi connectivity index (χ0n) is 6.18. The lowest BCUT2D eigenvalue weighted by Gasteiger charge is -1.85. The summed E-state index contributed by atoms with van der Waals surface area (Å²) in [5.74, 6) is 6.59. The molecule has 0 aliphatic carbocycles. The van der Waals surface area contributed by atoms with Crippen molar-refractivity contribution in [2.75, 3.05) is 5.88 Å². The van der Waals surface area contributed by atoms with Crippen LogP contribution in [0.15, 0.2) is 30.3 Å². The molecule has 1 aromatic carbocycles. The highest BCUT2D eigenvalue weighted by atomic mass is 35.5. The van der Waals surface area contributed by atoms with E-state index >= 15 is 0 Å². The Bertz CT molecular complexity index is 253. The molecule has 0 fully saturated rings. The first kappa shape index (κ1) is 8.17. The van der Waals surface area contributed by atoms with E-state index in [1.165, 1.54) is 0 Å². The van der Waals surface area contributed by atoms with E-state index in [0.717, 1.165) is 12.0 Å². The minimum absolute atomic E-state index is 0.611. The highest BCUT2D eigenvalue weighted by molar-refractivity contribution is 6.18. The first-order chi connectivity index (χ1) is 5.43. The number of benzene rings is 1. The summed E-state index contributed by atoms with van der Waals surface area (Å²) in [6.45, 7) is 0. The molecule has 0 N–H and O–H groups in total. The van der Waals surface area contributed by atoms with Gasteiger partial charge in [-0.05, 0) is 12.1 Å². The van der Waals surface area contributed by atoms with Crippen LogP contribution in [0, 0.1) is 11.8 Å². The van der Waals surface area contributed by atoms with Gasteiger partial charge in [0.05, 0.1) is 0 Å². The quantitative estimate of drug-likeness (QED) is 0.442. The highest BCUT2D eigenvalue weighted by Crippen LogP contribution is 1.94. The van der Waals surface area contributed by atoms with Crippen LogP contribution in [0.3, 0.4) is 0 Å². The average molecular weight is 165 g/mol. The van der Waals surface area contributed by atoms with Gasteiger partial charge in [-0.25, -0.2) is 0 Å². The molecule has 0 aliphatic heterocycles. The minimum atomic E-state index is 0.611. The zero-order valence-corrected chi connectivity index (χ0v) is 6.93. The SMILES string of the molecule is ClCCC#Cc1ccccc1. The fraction of sp³-hybridized carbons (Fsp3) is 0.200. The summed E-state index contributed by atoms with van der Waals surface area (Å²) in [5.41, 5.74) is 1.05. The summed E-state index contributed by atoms with van der Waals surface area (Å²) in [5, 5.41) is 0. The molecule has 1 heteroatoms. The fourth-order valence-corrected chi connectivity index (χ4v) is 0.828. The predicted octanol–water partition coefficient (Wildman–Crippen LogP) is 2.67. The second-order valence-corrected chi connectivity index (χ2v) is 2.48. The normalized spacial score (nSPS) is 8.45. The Labute approximate surface area is 72.2 Å². The van der Waals surface area contributed by atoms with Crippen LogP contribution in [-0.4, -0.2) is 5.88 Å². The Morgan fingerprint density at radius 1 is 1.18 bits per heavy atom. The maximum Gasteiger partial charge on any atom is 0.0333 e. The van der Waals surface area contributed by atoms with Gasteiger partial charge in [-0.3, -0.25) is 0 Å². The summed E-state index contributed by atoms with van der Waals surface area (Å²) < 4.78 is 0. The Kier molecular flexibility index (Phi) is 3.58. The Hall–Kier alpha value is -0.930. The summed E-state index contributed by atoms with van der Waals surface area (Å²) >= 11 is 5.47.